The Bertz CT molecular complexity index is 313. The van der Waals surface area contributed by atoms with Gasteiger partial charge in [-0.25, -0.2) is 0 Å². The molecule has 0 spiro atoms. The van der Waals surface area contributed by atoms with Crippen LogP contribution in [-0.2, 0) is 17.1 Å². The Morgan fingerprint density at radius 1 is 0.867 bits per heavy atom. The van der Waals surface area contributed by atoms with Crippen LogP contribution in [0.5, 0.6) is 0 Å². The van der Waals surface area contributed by atoms with E-state index in [4.69, 9.17) is 10.2 Å². The van der Waals surface area contributed by atoms with Gasteiger partial charge in [0.15, 0.2) is 0 Å². The van der Waals surface area contributed by atoms with Crippen molar-refractivity contribution in [2.75, 3.05) is 13.2 Å². The van der Waals surface area contributed by atoms with Crippen molar-refractivity contribution in [3.05, 3.63) is 24.3 Å². The number of allylic oxidation sites excluding steroid dienone is 2. The summed E-state index contributed by atoms with van der Waals surface area (Å²) >= 11 is 0. The summed E-state index contributed by atoms with van der Waals surface area (Å²) in [7, 11) is 0. The van der Waals surface area contributed by atoms with Crippen molar-refractivity contribution >= 4 is 0 Å². The fourth-order valence-electron chi connectivity index (χ4n) is 0.748. The average molecular weight is 240 g/mol. The van der Waals surface area contributed by atoms with E-state index in [1.54, 1.807) is 0 Å². The second kappa shape index (κ2) is 8.36. The third-order valence-electron chi connectivity index (χ3n) is 1.48. The zero-order valence-corrected chi connectivity index (χ0v) is 8.92. The summed E-state index contributed by atoms with van der Waals surface area (Å²) in [6, 6.07) is 0. The fourth-order valence-corrected chi connectivity index (χ4v) is 0.748. The minimum absolute atomic E-state index is 0. The van der Waals surface area contributed by atoms with Gasteiger partial charge in [0, 0.05) is 13.2 Å². The molecule has 2 unspecified atom stereocenters. The molecule has 2 N–H and O–H groups in total. The van der Waals surface area contributed by atoms with E-state index < -0.39 is 0 Å². The van der Waals surface area contributed by atoms with E-state index in [1.165, 1.54) is 0 Å². The fraction of sp³-hybridized carbons (Fsp3) is 0.333. The van der Waals surface area contributed by atoms with Gasteiger partial charge in [0.1, 0.15) is 0 Å². The van der Waals surface area contributed by atoms with E-state index in [2.05, 4.69) is 48.0 Å². The Morgan fingerprint density at radius 2 is 1.27 bits per heavy atom. The third kappa shape index (κ3) is 5.47. The number of aliphatic hydroxyl groups excluding tert-OH is 2. The van der Waals surface area contributed by atoms with Crippen LogP contribution in [-0.4, -0.2) is 23.4 Å². The second-order valence-corrected chi connectivity index (χ2v) is 2.55. The van der Waals surface area contributed by atoms with Crippen LogP contribution in [0, 0.1) is 59.8 Å². The Kier molecular flexibility index (Phi) is 7.82. The molecule has 2 atom stereocenters. The van der Waals surface area contributed by atoms with Gasteiger partial charge in [0.05, 0.1) is 0 Å². The molecular weight excluding hydrogens is 232 g/mol. The van der Waals surface area contributed by atoms with Crippen molar-refractivity contribution in [3.8, 4) is 23.7 Å². The molecule has 0 aliphatic heterocycles. The van der Waals surface area contributed by atoms with Gasteiger partial charge in [-0.05, 0) is 11.8 Å². The Morgan fingerprint density at radius 3 is 1.40 bits per heavy atom. The van der Waals surface area contributed by atoms with E-state index in [9.17, 15) is 0 Å². The molecule has 2 radical (unpaired) electrons. The first-order valence-corrected chi connectivity index (χ1v) is 4.10. The first kappa shape index (κ1) is 14.0. The van der Waals surface area contributed by atoms with E-state index in [0.717, 1.165) is 0 Å². The van der Waals surface area contributed by atoms with Gasteiger partial charge in [0.2, 0.25) is 0 Å². The van der Waals surface area contributed by atoms with Gasteiger partial charge in [-0.15, -0.1) is 12.2 Å². The molecule has 2 aliphatic rings. The van der Waals surface area contributed by atoms with Gasteiger partial charge >= 0.3 is 17.1 Å². The predicted molar refractivity (Wildman–Crippen MR) is 49.7 cm³/mol. The van der Waals surface area contributed by atoms with Crippen LogP contribution < -0.4 is 0 Å². The standard InChI is InChI=1S/2C6H4O.Fe/c2*7-5-6-3-1-2-4-6;/h2*6-7H,5H2;/q2*-1;+2. The molecule has 0 bridgehead atoms. The van der Waals surface area contributed by atoms with Crippen molar-refractivity contribution < 1.29 is 27.3 Å². The summed E-state index contributed by atoms with van der Waals surface area (Å²) in [5, 5.41) is 16.7. The van der Waals surface area contributed by atoms with Crippen molar-refractivity contribution in [3.63, 3.8) is 0 Å². The molecular formula is C12H8FeO2. The van der Waals surface area contributed by atoms with Crippen LogP contribution in [0.3, 0.4) is 0 Å². The minimum Gasteiger partial charge on any atom is -0.397 e. The molecule has 0 heterocycles. The first-order chi connectivity index (χ1) is 6.86. The van der Waals surface area contributed by atoms with E-state index >= 15 is 0 Å². The van der Waals surface area contributed by atoms with Crippen molar-refractivity contribution in [1.82, 2.24) is 0 Å². The zero-order chi connectivity index (χ0) is 10.2. The van der Waals surface area contributed by atoms with Crippen molar-refractivity contribution in [2.45, 2.75) is 0 Å². The molecule has 0 amide bonds. The molecule has 0 saturated heterocycles. The summed E-state index contributed by atoms with van der Waals surface area (Å²) in [6.45, 7) is 0.139. The van der Waals surface area contributed by atoms with E-state index in [0.29, 0.717) is 0 Å². The molecule has 0 aromatic carbocycles. The summed E-state index contributed by atoms with van der Waals surface area (Å²) < 4.78 is 0. The first-order valence-electron chi connectivity index (χ1n) is 4.10. The van der Waals surface area contributed by atoms with Crippen LogP contribution in [0.1, 0.15) is 0 Å². The van der Waals surface area contributed by atoms with Gasteiger partial charge < -0.3 is 22.1 Å². The van der Waals surface area contributed by atoms with Gasteiger partial charge in [-0.3, -0.25) is 11.8 Å². The minimum atomic E-state index is -0.0694. The average Bonchev–Trinajstić information content (AvgIpc) is 2.92. The molecule has 3 heteroatoms. The number of rotatable bonds is 2. The smallest absolute Gasteiger partial charge is 0.397 e. The maximum atomic E-state index is 8.36. The van der Waals surface area contributed by atoms with Gasteiger partial charge in [0.25, 0.3) is 0 Å². The van der Waals surface area contributed by atoms with Crippen LogP contribution in [0.25, 0.3) is 0 Å². The molecule has 2 rings (SSSR count). The predicted octanol–water partition coefficient (Wildman–Crippen LogP) is -0.454. The van der Waals surface area contributed by atoms with E-state index in [1.807, 2.05) is 0 Å². The largest absolute Gasteiger partial charge is 2.00 e. The number of aliphatic hydroxyl groups is 2. The molecule has 0 aromatic rings. The van der Waals surface area contributed by atoms with Gasteiger partial charge in [-0.1, -0.05) is 0 Å². The van der Waals surface area contributed by atoms with E-state index in [-0.39, 0.29) is 42.1 Å². The molecule has 76 valence electrons. The summed E-state index contributed by atoms with van der Waals surface area (Å²) in [4.78, 5) is 0. The second-order valence-electron chi connectivity index (χ2n) is 2.55. The quantitative estimate of drug-likeness (QED) is 0.390. The topological polar surface area (TPSA) is 40.5 Å². The zero-order valence-electron chi connectivity index (χ0n) is 7.82. The normalized spacial score (nSPS) is 22.8. The molecule has 2 aliphatic carbocycles. The summed E-state index contributed by atoms with van der Waals surface area (Å²) in [6.07, 6.45) is 10.5. The van der Waals surface area contributed by atoms with Crippen LogP contribution >= 0.6 is 0 Å². The Balaban J connectivity index is 0.000000245. The summed E-state index contributed by atoms with van der Waals surface area (Å²) in [5.74, 6) is 10.3. The maximum absolute atomic E-state index is 8.36. The summed E-state index contributed by atoms with van der Waals surface area (Å²) in [5.41, 5.74) is 0. The van der Waals surface area contributed by atoms with Crippen LogP contribution in [0.15, 0.2) is 0 Å². The molecule has 0 fully saturated rings. The Labute approximate surface area is 101 Å². The van der Waals surface area contributed by atoms with Crippen molar-refractivity contribution in [1.29, 1.82) is 0 Å². The molecule has 2 nitrogen and oxygen atoms in total. The Hall–Kier alpha value is -0.961. The number of hydrogen-bond donors (Lipinski definition) is 2. The molecule has 0 aromatic heterocycles. The molecule has 0 saturated carbocycles. The van der Waals surface area contributed by atoms with Crippen LogP contribution in [0.2, 0.25) is 0 Å². The van der Waals surface area contributed by atoms with Gasteiger partial charge in [-0.2, -0.15) is 12.2 Å². The maximum Gasteiger partial charge on any atom is 2.00 e. The molecule has 15 heavy (non-hydrogen) atoms. The SMILES string of the molecule is OCC1[C]=[C-]C#C1.OCC1[C]=[C-]C#C1.[Fe+2]. The monoisotopic (exact) mass is 240 g/mol. The third-order valence-corrected chi connectivity index (χ3v) is 1.48. The van der Waals surface area contributed by atoms with Crippen molar-refractivity contribution in [2.24, 2.45) is 11.8 Å². The number of hydrogen-bond acceptors (Lipinski definition) is 2. The van der Waals surface area contributed by atoms with Crippen LogP contribution in [0.4, 0.5) is 0 Å².